The van der Waals surface area contributed by atoms with Crippen molar-refractivity contribution >= 4 is 23.0 Å². The zero-order valence-electron chi connectivity index (χ0n) is 13.8. The summed E-state index contributed by atoms with van der Waals surface area (Å²) in [6, 6.07) is 14.1. The smallest absolute Gasteiger partial charge is 0.199 e. The van der Waals surface area contributed by atoms with Crippen LogP contribution in [0.1, 0.15) is 21.5 Å². The summed E-state index contributed by atoms with van der Waals surface area (Å²) in [6.45, 7) is 1.86. The van der Waals surface area contributed by atoms with Crippen LogP contribution in [0.25, 0.3) is 16.9 Å². The minimum absolute atomic E-state index is 0.0528. The molecule has 1 N–H and O–H groups in total. The fourth-order valence-corrected chi connectivity index (χ4v) is 2.87. The summed E-state index contributed by atoms with van der Waals surface area (Å²) in [5.41, 5.74) is 3.76. The van der Waals surface area contributed by atoms with Gasteiger partial charge in [-0.1, -0.05) is 35.4 Å². The standard InChI is InChI=1S/C20H14ClN3O2/c1-12-2-7-18(25)16(8-12)20(26)14-10-22-19-9-17(23-24(19)11-14)13-3-5-15(21)6-4-13/h2-11,25H,1H3. The third-order valence-corrected chi connectivity index (χ3v) is 4.36. The van der Waals surface area contributed by atoms with Crippen LogP contribution in [-0.2, 0) is 0 Å². The van der Waals surface area contributed by atoms with Crippen LogP contribution in [-0.4, -0.2) is 25.5 Å². The molecule has 26 heavy (non-hydrogen) atoms. The molecule has 2 aromatic carbocycles. The lowest BCUT2D eigenvalue weighted by molar-refractivity contribution is 0.103. The van der Waals surface area contributed by atoms with Gasteiger partial charge in [0.05, 0.1) is 16.8 Å². The number of carbonyl (C=O) groups excluding carboxylic acids is 1. The molecule has 128 valence electrons. The quantitative estimate of drug-likeness (QED) is 0.551. The SMILES string of the molecule is Cc1ccc(O)c(C(=O)c2cnc3cc(-c4ccc(Cl)cc4)nn3c2)c1. The van der Waals surface area contributed by atoms with Crippen molar-refractivity contribution < 1.29 is 9.90 Å². The van der Waals surface area contributed by atoms with E-state index in [0.29, 0.717) is 16.2 Å². The fraction of sp³-hybridized carbons (Fsp3) is 0.0500. The number of aryl methyl sites for hydroxylation is 1. The number of phenols is 1. The molecule has 5 nitrogen and oxygen atoms in total. The Morgan fingerprint density at radius 1 is 1.12 bits per heavy atom. The van der Waals surface area contributed by atoms with Gasteiger partial charge < -0.3 is 5.11 Å². The first kappa shape index (κ1) is 16.3. The van der Waals surface area contributed by atoms with Gasteiger partial charge in [0.15, 0.2) is 11.4 Å². The van der Waals surface area contributed by atoms with Crippen molar-refractivity contribution in [3.63, 3.8) is 0 Å². The summed E-state index contributed by atoms with van der Waals surface area (Å²) in [5, 5.41) is 15.1. The number of fused-ring (bicyclic) bond motifs is 1. The predicted octanol–water partition coefficient (Wildman–Crippen LogP) is 4.29. The summed E-state index contributed by atoms with van der Waals surface area (Å²) in [6.07, 6.45) is 3.11. The van der Waals surface area contributed by atoms with Gasteiger partial charge in [0.25, 0.3) is 0 Å². The molecule has 0 unspecified atom stereocenters. The summed E-state index contributed by atoms with van der Waals surface area (Å²) in [5.74, 6) is -0.354. The molecule has 4 rings (SSSR count). The maximum Gasteiger partial charge on any atom is 0.199 e. The molecule has 0 bridgehead atoms. The number of aromatic hydroxyl groups is 1. The number of benzene rings is 2. The Morgan fingerprint density at radius 2 is 1.88 bits per heavy atom. The number of phenolic OH excluding ortho intramolecular Hbond substituents is 1. The monoisotopic (exact) mass is 363 g/mol. The number of hydrogen-bond donors (Lipinski definition) is 1. The minimum Gasteiger partial charge on any atom is -0.507 e. The summed E-state index contributed by atoms with van der Waals surface area (Å²) >= 11 is 5.92. The Bertz CT molecular complexity index is 1130. The minimum atomic E-state index is -0.302. The number of carbonyl (C=O) groups is 1. The molecule has 2 aromatic heterocycles. The second kappa shape index (κ2) is 6.28. The topological polar surface area (TPSA) is 67.5 Å². The molecule has 0 radical (unpaired) electrons. The molecule has 0 aliphatic heterocycles. The van der Waals surface area contributed by atoms with Gasteiger partial charge >= 0.3 is 0 Å². The Balaban J connectivity index is 1.74. The second-order valence-corrected chi connectivity index (χ2v) is 6.47. The number of nitrogens with zero attached hydrogens (tertiary/aromatic N) is 3. The number of aromatic nitrogens is 3. The van der Waals surface area contributed by atoms with E-state index in [1.807, 2.05) is 25.1 Å². The van der Waals surface area contributed by atoms with Gasteiger partial charge in [0, 0.05) is 29.0 Å². The number of ketones is 1. The van der Waals surface area contributed by atoms with Gasteiger partial charge in [0.2, 0.25) is 0 Å². The third-order valence-electron chi connectivity index (χ3n) is 4.11. The van der Waals surface area contributed by atoms with Crippen molar-refractivity contribution in [2.45, 2.75) is 6.92 Å². The molecule has 0 amide bonds. The molecule has 2 heterocycles. The molecule has 0 aliphatic carbocycles. The predicted molar refractivity (Wildman–Crippen MR) is 99.7 cm³/mol. The van der Waals surface area contributed by atoms with Crippen LogP contribution < -0.4 is 0 Å². The molecule has 0 saturated heterocycles. The van der Waals surface area contributed by atoms with Crippen LogP contribution in [0.15, 0.2) is 60.9 Å². The maximum atomic E-state index is 12.7. The van der Waals surface area contributed by atoms with E-state index in [-0.39, 0.29) is 17.1 Å². The third kappa shape index (κ3) is 2.93. The van der Waals surface area contributed by atoms with E-state index in [0.717, 1.165) is 16.8 Å². The Hall–Kier alpha value is -3.18. The van der Waals surface area contributed by atoms with E-state index in [4.69, 9.17) is 11.6 Å². The number of rotatable bonds is 3. The molecule has 0 saturated carbocycles. The average molecular weight is 364 g/mol. The van der Waals surface area contributed by atoms with Crippen molar-refractivity contribution in [3.05, 3.63) is 82.6 Å². The van der Waals surface area contributed by atoms with Crippen LogP contribution in [0, 0.1) is 6.92 Å². The Kier molecular flexibility index (Phi) is 3.93. The highest BCUT2D eigenvalue weighted by atomic mass is 35.5. The van der Waals surface area contributed by atoms with E-state index in [1.165, 1.54) is 12.3 Å². The molecule has 0 atom stereocenters. The first-order chi connectivity index (χ1) is 12.5. The van der Waals surface area contributed by atoms with E-state index >= 15 is 0 Å². The molecule has 0 fully saturated rings. The summed E-state index contributed by atoms with van der Waals surface area (Å²) in [4.78, 5) is 17.0. The average Bonchev–Trinajstić information content (AvgIpc) is 3.07. The van der Waals surface area contributed by atoms with Crippen LogP contribution in [0.2, 0.25) is 5.02 Å². The highest BCUT2D eigenvalue weighted by molar-refractivity contribution is 6.30. The molecule has 0 spiro atoms. The molecule has 4 aromatic rings. The van der Waals surface area contributed by atoms with Crippen LogP contribution in [0.4, 0.5) is 0 Å². The van der Waals surface area contributed by atoms with Crippen molar-refractivity contribution in [2.75, 3.05) is 0 Å². The van der Waals surface area contributed by atoms with Crippen LogP contribution in [0.5, 0.6) is 5.75 Å². The largest absolute Gasteiger partial charge is 0.507 e. The van der Waals surface area contributed by atoms with Gasteiger partial charge in [0.1, 0.15) is 5.75 Å². The summed E-state index contributed by atoms with van der Waals surface area (Å²) < 4.78 is 1.56. The fourth-order valence-electron chi connectivity index (χ4n) is 2.74. The van der Waals surface area contributed by atoms with Crippen LogP contribution in [0.3, 0.4) is 0 Å². The number of hydrogen-bond acceptors (Lipinski definition) is 4. The van der Waals surface area contributed by atoms with E-state index in [2.05, 4.69) is 10.1 Å². The van der Waals surface area contributed by atoms with Crippen molar-refractivity contribution in [1.82, 2.24) is 14.6 Å². The van der Waals surface area contributed by atoms with Gasteiger partial charge in [-0.2, -0.15) is 5.10 Å². The van der Waals surface area contributed by atoms with Gasteiger partial charge in [-0.15, -0.1) is 0 Å². The molecular weight excluding hydrogens is 350 g/mol. The number of halogens is 1. The lowest BCUT2D eigenvalue weighted by atomic mass is 10.0. The van der Waals surface area contributed by atoms with E-state index < -0.39 is 0 Å². The molecule has 0 aliphatic rings. The van der Waals surface area contributed by atoms with Gasteiger partial charge in [-0.3, -0.25) is 4.79 Å². The lowest BCUT2D eigenvalue weighted by Crippen LogP contribution is -2.05. The lowest BCUT2D eigenvalue weighted by Gasteiger charge is -2.05. The Morgan fingerprint density at radius 3 is 2.65 bits per heavy atom. The molecule has 6 heteroatoms. The normalized spacial score (nSPS) is 11.0. The van der Waals surface area contributed by atoms with Gasteiger partial charge in [-0.05, 0) is 31.2 Å². The first-order valence-corrected chi connectivity index (χ1v) is 8.35. The first-order valence-electron chi connectivity index (χ1n) is 7.97. The zero-order valence-corrected chi connectivity index (χ0v) is 14.6. The Labute approximate surface area is 154 Å². The highest BCUT2D eigenvalue weighted by Crippen LogP contribution is 2.24. The van der Waals surface area contributed by atoms with Crippen LogP contribution >= 0.6 is 11.6 Å². The van der Waals surface area contributed by atoms with Crippen molar-refractivity contribution in [3.8, 4) is 17.0 Å². The van der Waals surface area contributed by atoms with Crippen molar-refractivity contribution in [1.29, 1.82) is 0 Å². The molecular formula is C20H14ClN3O2. The van der Waals surface area contributed by atoms with Crippen molar-refractivity contribution in [2.24, 2.45) is 0 Å². The van der Waals surface area contributed by atoms with Gasteiger partial charge in [-0.25, -0.2) is 9.50 Å². The summed E-state index contributed by atoms with van der Waals surface area (Å²) in [7, 11) is 0. The second-order valence-electron chi connectivity index (χ2n) is 6.03. The van der Waals surface area contributed by atoms with E-state index in [1.54, 1.807) is 35.0 Å². The van der Waals surface area contributed by atoms with E-state index in [9.17, 15) is 9.90 Å². The zero-order chi connectivity index (χ0) is 18.3. The maximum absolute atomic E-state index is 12.7. The highest BCUT2D eigenvalue weighted by Gasteiger charge is 2.16.